The summed E-state index contributed by atoms with van der Waals surface area (Å²) in [4.78, 5) is 2.61. The zero-order valence-corrected chi connectivity index (χ0v) is 18.0. The van der Waals surface area contributed by atoms with Gasteiger partial charge in [0.25, 0.3) is 0 Å². The summed E-state index contributed by atoms with van der Waals surface area (Å²) in [5, 5.41) is 0. The molecule has 0 atom stereocenters. The minimum Gasteiger partial charge on any atom is -0.493 e. The molecule has 0 bridgehead atoms. The summed E-state index contributed by atoms with van der Waals surface area (Å²) in [5.41, 5.74) is 3.11. The second-order valence-electron chi connectivity index (χ2n) is 7.63. The van der Waals surface area contributed by atoms with Crippen molar-refractivity contribution in [2.75, 3.05) is 26.3 Å². The predicted octanol–water partition coefficient (Wildman–Crippen LogP) is 5.87. The maximum absolute atomic E-state index is 6.18. The van der Waals surface area contributed by atoms with Gasteiger partial charge in [0.05, 0.1) is 13.2 Å². The third-order valence-electron chi connectivity index (χ3n) is 5.93. The zero-order chi connectivity index (χ0) is 20.8. The largest absolute Gasteiger partial charge is 0.493 e. The van der Waals surface area contributed by atoms with Gasteiger partial charge in [0.1, 0.15) is 17.0 Å². The van der Waals surface area contributed by atoms with E-state index in [-0.39, 0.29) is 0 Å². The average Bonchev–Trinajstić information content (AvgIpc) is 3.33. The molecule has 1 aliphatic rings. The van der Waals surface area contributed by atoms with Crippen molar-refractivity contribution < 1.29 is 9.47 Å². The molecule has 0 aliphatic carbocycles. The highest BCUT2D eigenvalue weighted by atomic mass is 16.5. The highest BCUT2D eigenvalue weighted by Crippen LogP contribution is 2.49. The van der Waals surface area contributed by atoms with Crippen LogP contribution in [-0.4, -0.2) is 31.2 Å². The minimum absolute atomic E-state index is 0.477. The van der Waals surface area contributed by atoms with Gasteiger partial charge in [-0.15, -0.1) is 0 Å². The van der Waals surface area contributed by atoms with E-state index >= 15 is 0 Å². The summed E-state index contributed by atoms with van der Waals surface area (Å²) in [6, 6.07) is 27.8. The maximum Gasteiger partial charge on any atom is 0.125 e. The number of ether oxygens (including phenoxy) is 2. The monoisotopic (exact) mass is 401 g/mol. The summed E-state index contributed by atoms with van der Waals surface area (Å²) in [6.45, 7) is 7.44. The van der Waals surface area contributed by atoms with Crippen LogP contribution in [0.2, 0.25) is 0 Å². The molecule has 0 radical (unpaired) electrons. The summed E-state index contributed by atoms with van der Waals surface area (Å²) in [6.07, 6.45) is 2.39. The first-order valence-electron chi connectivity index (χ1n) is 11.1. The van der Waals surface area contributed by atoms with E-state index < -0.39 is 5.54 Å². The molecule has 1 aliphatic heterocycles. The van der Waals surface area contributed by atoms with E-state index in [1.807, 2.05) is 13.8 Å². The number of rotatable bonds is 8. The van der Waals surface area contributed by atoms with Crippen LogP contribution < -0.4 is 9.47 Å². The molecule has 1 saturated heterocycles. The molecule has 0 saturated carbocycles. The smallest absolute Gasteiger partial charge is 0.125 e. The van der Waals surface area contributed by atoms with Crippen LogP contribution in [0.4, 0.5) is 0 Å². The molecule has 1 fully saturated rings. The van der Waals surface area contributed by atoms with Gasteiger partial charge in [-0.2, -0.15) is 0 Å². The fourth-order valence-corrected chi connectivity index (χ4v) is 4.81. The van der Waals surface area contributed by atoms with Crippen molar-refractivity contribution in [3.63, 3.8) is 0 Å². The van der Waals surface area contributed by atoms with Crippen molar-refractivity contribution in [3.8, 4) is 11.5 Å². The van der Waals surface area contributed by atoms with Crippen LogP contribution in [0.5, 0.6) is 11.5 Å². The van der Waals surface area contributed by atoms with Crippen LogP contribution in [0.25, 0.3) is 0 Å². The van der Waals surface area contributed by atoms with E-state index in [1.54, 1.807) is 0 Å². The second-order valence-corrected chi connectivity index (χ2v) is 7.63. The molecule has 0 aromatic heterocycles. The first kappa shape index (κ1) is 20.5. The summed E-state index contributed by atoms with van der Waals surface area (Å²) >= 11 is 0. The molecule has 0 N–H and O–H groups in total. The lowest BCUT2D eigenvalue weighted by atomic mass is 9.74. The molecule has 3 nitrogen and oxygen atoms in total. The van der Waals surface area contributed by atoms with Crippen molar-refractivity contribution in [2.45, 2.75) is 32.2 Å². The van der Waals surface area contributed by atoms with Gasteiger partial charge in [0.2, 0.25) is 0 Å². The predicted molar refractivity (Wildman–Crippen MR) is 122 cm³/mol. The van der Waals surface area contributed by atoms with Crippen LogP contribution >= 0.6 is 0 Å². The molecule has 0 unspecified atom stereocenters. The van der Waals surface area contributed by atoms with Gasteiger partial charge in [-0.25, -0.2) is 0 Å². The molecular weight excluding hydrogens is 370 g/mol. The number of para-hydroxylation sites is 2. The Bertz CT molecular complexity index is 898. The van der Waals surface area contributed by atoms with Gasteiger partial charge in [-0.1, -0.05) is 66.7 Å². The van der Waals surface area contributed by atoms with Crippen LogP contribution in [0.15, 0.2) is 78.9 Å². The van der Waals surface area contributed by atoms with Gasteiger partial charge in [-0.3, -0.25) is 4.90 Å². The Labute approximate surface area is 180 Å². The lowest BCUT2D eigenvalue weighted by Gasteiger charge is -2.44. The minimum atomic E-state index is -0.477. The molecule has 0 spiro atoms. The third-order valence-corrected chi connectivity index (χ3v) is 5.93. The summed E-state index contributed by atoms with van der Waals surface area (Å²) in [5.74, 6) is 1.86. The lowest BCUT2D eigenvalue weighted by molar-refractivity contribution is 0.185. The molecule has 30 heavy (non-hydrogen) atoms. The van der Waals surface area contributed by atoms with Crippen molar-refractivity contribution >= 4 is 0 Å². The SMILES string of the molecule is CCOc1ccccc1C(c1ccccc1)(c1ccccc1OCC)N1CCCC1. The number of likely N-dealkylation sites (tertiary alicyclic amines) is 1. The number of nitrogens with zero attached hydrogens (tertiary/aromatic N) is 1. The van der Waals surface area contributed by atoms with Crippen LogP contribution in [0.3, 0.4) is 0 Å². The Hall–Kier alpha value is -2.78. The highest BCUT2D eigenvalue weighted by molar-refractivity contribution is 5.58. The Kier molecular flexibility index (Phi) is 6.39. The van der Waals surface area contributed by atoms with E-state index in [2.05, 4.69) is 83.8 Å². The third kappa shape index (κ3) is 3.59. The molecule has 1 heterocycles. The average molecular weight is 402 g/mol. The first-order valence-corrected chi connectivity index (χ1v) is 11.1. The molecule has 0 amide bonds. The standard InChI is InChI=1S/C27H31NO2/c1-3-29-25-18-10-8-16-23(25)27(28-20-12-13-21-28,22-14-6-5-7-15-22)24-17-9-11-19-26(24)30-4-2/h5-11,14-19H,3-4,12-13,20-21H2,1-2H3. The second kappa shape index (κ2) is 9.36. The fraction of sp³-hybridized carbons (Fsp3) is 0.333. The Morgan fingerprint density at radius 3 is 1.63 bits per heavy atom. The first-order chi connectivity index (χ1) is 14.8. The van der Waals surface area contributed by atoms with E-state index in [1.165, 1.54) is 29.5 Å². The van der Waals surface area contributed by atoms with E-state index in [0.29, 0.717) is 13.2 Å². The number of benzene rings is 3. The topological polar surface area (TPSA) is 21.7 Å². The molecule has 156 valence electrons. The van der Waals surface area contributed by atoms with E-state index in [9.17, 15) is 0 Å². The van der Waals surface area contributed by atoms with Gasteiger partial charge < -0.3 is 9.47 Å². The molecule has 3 aromatic rings. The Balaban J connectivity index is 2.09. The maximum atomic E-state index is 6.18. The molecule has 3 heteroatoms. The molecule has 4 rings (SSSR count). The quantitative estimate of drug-likeness (QED) is 0.441. The molecule has 3 aromatic carbocycles. The Morgan fingerprint density at radius 2 is 1.13 bits per heavy atom. The zero-order valence-electron chi connectivity index (χ0n) is 18.0. The van der Waals surface area contributed by atoms with Crippen molar-refractivity contribution in [2.24, 2.45) is 0 Å². The Morgan fingerprint density at radius 1 is 0.667 bits per heavy atom. The van der Waals surface area contributed by atoms with E-state index in [0.717, 1.165) is 24.6 Å². The van der Waals surface area contributed by atoms with Crippen molar-refractivity contribution in [1.29, 1.82) is 0 Å². The van der Waals surface area contributed by atoms with E-state index in [4.69, 9.17) is 9.47 Å². The summed E-state index contributed by atoms with van der Waals surface area (Å²) in [7, 11) is 0. The van der Waals surface area contributed by atoms with Crippen LogP contribution in [-0.2, 0) is 5.54 Å². The van der Waals surface area contributed by atoms with Crippen LogP contribution in [0, 0.1) is 0 Å². The van der Waals surface area contributed by atoms with Crippen molar-refractivity contribution in [1.82, 2.24) is 4.90 Å². The normalized spacial score (nSPS) is 14.6. The van der Waals surface area contributed by atoms with Crippen molar-refractivity contribution in [3.05, 3.63) is 95.6 Å². The van der Waals surface area contributed by atoms with Gasteiger partial charge in [-0.05, 0) is 57.5 Å². The fourth-order valence-electron chi connectivity index (χ4n) is 4.81. The number of hydrogen-bond donors (Lipinski definition) is 0. The van der Waals surface area contributed by atoms with Gasteiger partial charge in [0, 0.05) is 11.1 Å². The molecular formula is C27H31NO2. The van der Waals surface area contributed by atoms with Gasteiger partial charge >= 0.3 is 0 Å². The lowest BCUT2D eigenvalue weighted by Crippen LogP contribution is -2.47. The number of hydrogen-bond acceptors (Lipinski definition) is 3. The van der Waals surface area contributed by atoms with Crippen LogP contribution in [0.1, 0.15) is 43.4 Å². The van der Waals surface area contributed by atoms with Gasteiger partial charge in [0.15, 0.2) is 0 Å². The summed E-state index contributed by atoms with van der Waals surface area (Å²) < 4.78 is 12.4. The highest BCUT2D eigenvalue weighted by Gasteiger charge is 2.46.